The fraction of sp³-hybridized carbons (Fsp3) is 0.526. The second-order valence-corrected chi connectivity index (χ2v) is 9.15. The summed E-state index contributed by atoms with van der Waals surface area (Å²) in [5.41, 5.74) is 1.07. The predicted molar refractivity (Wildman–Crippen MR) is 108 cm³/mol. The summed E-state index contributed by atoms with van der Waals surface area (Å²) < 4.78 is 3.04. The van der Waals surface area contributed by atoms with Crippen LogP contribution in [-0.2, 0) is 16.6 Å². The van der Waals surface area contributed by atoms with Crippen LogP contribution in [0.2, 0.25) is 0 Å². The zero-order valence-electron chi connectivity index (χ0n) is 15.5. The molecule has 0 spiro atoms. The lowest BCUT2D eigenvalue weighted by molar-refractivity contribution is -0.130. The maximum atomic E-state index is 12.4. The van der Waals surface area contributed by atoms with Crippen molar-refractivity contribution in [1.29, 1.82) is 0 Å². The molecular weight excluding hydrogens is 366 g/mol. The Morgan fingerprint density at radius 3 is 2.58 bits per heavy atom. The molecule has 7 heteroatoms. The van der Waals surface area contributed by atoms with Gasteiger partial charge in [-0.3, -0.25) is 9.59 Å². The Balaban J connectivity index is 1.55. The van der Waals surface area contributed by atoms with Crippen LogP contribution in [0.3, 0.4) is 0 Å². The molecule has 2 amide bonds. The smallest absolute Gasteiger partial charge is 0.258 e. The van der Waals surface area contributed by atoms with Crippen molar-refractivity contribution in [3.63, 3.8) is 0 Å². The average molecular weight is 392 g/mol. The molecule has 2 unspecified atom stereocenters. The fourth-order valence-electron chi connectivity index (χ4n) is 3.51. The zero-order chi connectivity index (χ0) is 18.7. The van der Waals surface area contributed by atoms with Crippen LogP contribution in [0.1, 0.15) is 20.3 Å². The average Bonchev–Trinajstić information content (AvgIpc) is 2.90. The molecule has 1 fully saturated rings. The Morgan fingerprint density at radius 1 is 1.19 bits per heavy atom. The molecular formula is C19H25N3O2S2. The van der Waals surface area contributed by atoms with E-state index in [0.717, 1.165) is 23.3 Å². The number of amides is 2. The van der Waals surface area contributed by atoms with Gasteiger partial charge >= 0.3 is 0 Å². The molecule has 5 nitrogen and oxygen atoms in total. The van der Waals surface area contributed by atoms with E-state index in [1.165, 1.54) is 29.5 Å². The van der Waals surface area contributed by atoms with Crippen LogP contribution in [0, 0.1) is 11.8 Å². The first kappa shape index (κ1) is 19.2. The number of thiazole rings is 1. The first-order valence-electron chi connectivity index (χ1n) is 8.91. The van der Waals surface area contributed by atoms with Gasteiger partial charge in [0.1, 0.15) is 0 Å². The summed E-state index contributed by atoms with van der Waals surface area (Å²) >= 11 is 2.86. The molecule has 1 aliphatic rings. The van der Waals surface area contributed by atoms with Crippen LogP contribution in [0.4, 0.5) is 0 Å². The number of hydrogen-bond acceptors (Lipinski definition) is 4. The van der Waals surface area contributed by atoms with Gasteiger partial charge in [-0.15, -0.1) is 11.8 Å². The molecule has 1 saturated heterocycles. The van der Waals surface area contributed by atoms with Crippen molar-refractivity contribution in [3.8, 4) is 0 Å². The molecule has 0 saturated carbocycles. The lowest BCUT2D eigenvalue weighted by atomic mass is 9.92. The molecule has 1 aliphatic heterocycles. The highest BCUT2D eigenvalue weighted by atomic mass is 32.2. The highest BCUT2D eigenvalue weighted by Crippen LogP contribution is 2.21. The molecule has 1 aromatic heterocycles. The molecule has 2 atom stereocenters. The maximum absolute atomic E-state index is 12.4. The van der Waals surface area contributed by atoms with Crippen molar-refractivity contribution in [2.75, 3.05) is 24.6 Å². The Kier molecular flexibility index (Phi) is 6.19. The molecule has 1 aromatic carbocycles. The van der Waals surface area contributed by atoms with Gasteiger partial charge in [0.2, 0.25) is 5.91 Å². The van der Waals surface area contributed by atoms with Crippen molar-refractivity contribution in [3.05, 3.63) is 29.1 Å². The molecule has 0 N–H and O–H groups in total. The number of fused-ring (bicyclic) bond motifs is 1. The molecule has 0 aliphatic carbocycles. The van der Waals surface area contributed by atoms with Crippen molar-refractivity contribution in [2.24, 2.45) is 23.9 Å². The Hall–Kier alpha value is -1.60. The summed E-state index contributed by atoms with van der Waals surface area (Å²) in [6.45, 7) is 6.05. The molecule has 140 valence electrons. The number of hydrogen-bond donors (Lipinski definition) is 0. The van der Waals surface area contributed by atoms with E-state index in [1.807, 2.05) is 40.8 Å². The number of para-hydroxylation sites is 1. The van der Waals surface area contributed by atoms with Gasteiger partial charge in [-0.1, -0.05) is 37.3 Å². The first-order chi connectivity index (χ1) is 12.4. The lowest BCUT2D eigenvalue weighted by Gasteiger charge is -2.35. The predicted octanol–water partition coefficient (Wildman–Crippen LogP) is 2.90. The number of carbonyl (C=O) groups excluding carboxylic acids is 2. The number of piperidine rings is 1. The third-order valence-electron chi connectivity index (χ3n) is 4.61. The van der Waals surface area contributed by atoms with Gasteiger partial charge < -0.3 is 9.47 Å². The maximum Gasteiger partial charge on any atom is 0.258 e. The monoisotopic (exact) mass is 391 g/mol. The van der Waals surface area contributed by atoms with Crippen LogP contribution in [-0.4, -0.2) is 45.9 Å². The van der Waals surface area contributed by atoms with Gasteiger partial charge in [0, 0.05) is 20.1 Å². The van der Waals surface area contributed by atoms with E-state index < -0.39 is 0 Å². The lowest BCUT2D eigenvalue weighted by Crippen LogP contribution is -2.43. The van der Waals surface area contributed by atoms with Crippen LogP contribution in [0.25, 0.3) is 10.2 Å². The number of aromatic nitrogens is 1. The van der Waals surface area contributed by atoms with Crippen LogP contribution in [0.15, 0.2) is 29.3 Å². The number of rotatable bonds is 4. The van der Waals surface area contributed by atoms with Crippen LogP contribution in [0.5, 0.6) is 0 Å². The standard InChI is InChI=1S/C19H25N3O2S2/c1-13-8-14(2)10-22(9-13)18(24)12-25-11-17(23)20-19-21(3)15-6-4-5-7-16(15)26-19/h4-7,13-14H,8-12H2,1-3H3. The van der Waals surface area contributed by atoms with Crippen LogP contribution >= 0.6 is 23.1 Å². The van der Waals surface area contributed by atoms with E-state index >= 15 is 0 Å². The third kappa shape index (κ3) is 4.57. The van der Waals surface area contributed by atoms with E-state index in [2.05, 4.69) is 18.8 Å². The minimum atomic E-state index is -0.190. The van der Waals surface area contributed by atoms with E-state index in [9.17, 15) is 9.59 Å². The van der Waals surface area contributed by atoms with E-state index in [4.69, 9.17) is 0 Å². The van der Waals surface area contributed by atoms with Crippen molar-refractivity contribution >= 4 is 45.1 Å². The summed E-state index contributed by atoms with van der Waals surface area (Å²) in [4.78, 5) is 31.4. The highest BCUT2D eigenvalue weighted by Gasteiger charge is 2.25. The summed E-state index contributed by atoms with van der Waals surface area (Å²) in [6, 6.07) is 8.00. The second-order valence-electron chi connectivity index (χ2n) is 7.15. The SMILES string of the molecule is CC1CC(C)CN(C(=O)CSCC(=O)N=c2sc3ccccc3n2C)C1. The second kappa shape index (κ2) is 8.39. The highest BCUT2D eigenvalue weighted by molar-refractivity contribution is 8.00. The summed E-state index contributed by atoms with van der Waals surface area (Å²) in [5.74, 6) is 1.63. The van der Waals surface area contributed by atoms with Gasteiger partial charge in [0.25, 0.3) is 5.91 Å². The topological polar surface area (TPSA) is 54.7 Å². The molecule has 0 bridgehead atoms. The van der Waals surface area contributed by atoms with E-state index in [0.29, 0.717) is 22.4 Å². The fourth-order valence-corrected chi connectivity index (χ4v) is 5.24. The summed E-state index contributed by atoms with van der Waals surface area (Å²) in [6.07, 6.45) is 1.18. The minimum Gasteiger partial charge on any atom is -0.341 e. The summed E-state index contributed by atoms with van der Waals surface area (Å²) in [7, 11) is 1.92. The van der Waals surface area contributed by atoms with Crippen molar-refractivity contribution in [2.45, 2.75) is 20.3 Å². The molecule has 0 radical (unpaired) electrons. The molecule has 3 rings (SSSR count). The van der Waals surface area contributed by atoms with Gasteiger partial charge in [-0.25, -0.2) is 0 Å². The number of thioether (sulfide) groups is 1. The quantitative estimate of drug-likeness (QED) is 0.805. The number of aryl methyl sites for hydroxylation is 1. The van der Waals surface area contributed by atoms with Gasteiger partial charge in [0.15, 0.2) is 4.80 Å². The minimum absolute atomic E-state index is 0.133. The third-order valence-corrected chi connectivity index (χ3v) is 6.62. The van der Waals surface area contributed by atoms with Crippen LogP contribution < -0.4 is 4.80 Å². The molecule has 2 aromatic rings. The number of carbonyl (C=O) groups is 2. The summed E-state index contributed by atoms with van der Waals surface area (Å²) in [5, 5.41) is 0. The van der Waals surface area contributed by atoms with E-state index in [1.54, 1.807) is 0 Å². The van der Waals surface area contributed by atoms with Gasteiger partial charge in [-0.05, 0) is 30.4 Å². The largest absolute Gasteiger partial charge is 0.341 e. The van der Waals surface area contributed by atoms with Crippen molar-refractivity contribution < 1.29 is 9.59 Å². The number of likely N-dealkylation sites (tertiary alicyclic amines) is 1. The van der Waals surface area contributed by atoms with Gasteiger partial charge in [-0.2, -0.15) is 4.99 Å². The van der Waals surface area contributed by atoms with Crippen molar-refractivity contribution in [1.82, 2.24) is 9.47 Å². The van der Waals surface area contributed by atoms with E-state index in [-0.39, 0.29) is 17.6 Å². The number of benzene rings is 1. The molecule has 26 heavy (non-hydrogen) atoms. The molecule has 2 heterocycles. The Morgan fingerprint density at radius 2 is 1.88 bits per heavy atom. The Bertz CT molecular complexity index is 861. The normalized spacial score (nSPS) is 21.3. The number of nitrogens with zero attached hydrogens (tertiary/aromatic N) is 3. The Labute approximate surface area is 162 Å². The van der Waals surface area contributed by atoms with Gasteiger partial charge in [0.05, 0.1) is 21.7 Å². The zero-order valence-corrected chi connectivity index (χ0v) is 17.1. The first-order valence-corrected chi connectivity index (χ1v) is 10.9.